The second-order valence-electron chi connectivity index (χ2n) is 3.08. The maximum absolute atomic E-state index is 9.08. The van der Waals surface area contributed by atoms with Gasteiger partial charge in [-0.1, -0.05) is 12.1 Å². The quantitative estimate of drug-likeness (QED) is 0.790. The number of aromatic nitrogens is 3. The van der Waals surface area contributed by atoms with Crippen LogP contribution in [0.4, 0.5) is 0 Å². The number of nitrogens with zero attached hydrogens (tertiary/aromatic N) is 3. The van der Waals surface area contributed by atoms with Gasteiger partial charge >= 0.3 is 0 Å². The molecule has 0 fully saturated rings. The molecule has 2 aromatic rings. The summed E-state index contributed by atoms with van der Waals surface area (Å²) in [6.45, 7) is 0.810. The highest BCUT2D eigenvalue weighted by Crippen LogP contribution is 2.10. The molecule has 1 N–H and O–H groups in total. The van der Waals surface area contributed by atoms with Crippen LogP contribution in [0.3, 0.4) is 0 Å². The first-order valence-electron chi connectivity index (χ1n) is 4.45. The number of hydrogen-bond acceptors (Lipinski definition) is 3. The zero-order valence-corrected chi connectivity index (χ0v) is 7.67. The van der Waals surface area contributed by atoms with E-state index in [2.05, 4.69) is 10.1 Å². The molecule has 0 saturated heterocycles. The van der Waals surface area contributed by atoms with E-state index in [4.69, 9.17) is 5.11 Å². The van der Waals surface area contributed by atoms with Crippen LogP contribution in [0.15, 0.2) is 36.9 Å². The molecule has 0 saturated carbocycles. The number of aromatic hydroxyl groups is 1. The van der Waals surface area contributed by atoms with E-state index in [1.807, 2.05) is 12.1 Å². The van der Waals surface area contributed by atoms with Gasteiger partial charge in [0.15, 0.2) is 0 Å². The van der Waals surface area contributed by atoms with Crippen LogP contribution in [0.2, 0.25) is 0 Å². The van der Waals surface area contributed by atoms with Gasteiger partial charge in [0, 0.05) is 6.54 Å². The number of benzene rings is 1. The molecule has 0 spiro atoms. The molecule has 4 heteroatoms. The molecule has 0 aliphatic heterocycles. The fourth-order valence-electron chi connectivity index (χ4n) is 1.25. The van der Waals surface area contributed by atoms with Gasteiger partial charge in [-0.3, -0.25) is 4.68 Å². The monoisotopic (exact) mass is 189 g/mol. The summed E-state index contributed by atoms with van der Waals surface area (Å²) >= 11 is 0. The van der Waals surface area contributed by atoms with Crippen LogP contribution in [0.1, 0.15) is 5.56 Å². The lowest BCUT2D eigenvalue weighted by atomic mass is 10.1. The third-order valence-electron chi connectivity index (χ3n) is 2.03. The molecule has 0 amide bonds. The lowest BCUT2D eigenvalue weighted by Crippen LogP contribution is -2.01. The van der Waals surface area contributed by atoms with Crippen LogP contribution in [0.5, 0.6) is 5.75 Å². The van der Waals surface area contributed by atoms with Gasteiger partial charge in [-0.15, -0.1) is 0 Å². The molecule has 0 bridgehead atoms. The second-order valence-corrected chi connectivity index (χ2v) is 3.08. The molecule has 0 unspecified atom stereocenters. The van der Waals surface area contributed by atoms with Crippen molar-refractivity contribution in [1.29, 1.82) is 0 Å². The minimum absolute atomic E-state index is 0.300. The first kappa shape index (κ1) is 8.74. The summed E-state index contributed by atoms with van der Waals surface area (Å²) in [5.41, 5.74) is 1.18. The third-order valence-corrected chi connectivity index (χ3v) is 2.03. The van der Waals surface area contributed by atoms with Gasteiger partial charge in [-0.25, -0.2) is 4.98 Å². The minimum atomic E-state index is 0.300. The van der Waals surface area contributed by atoms with E-state index in [0.29, 0.717) is 5.75 Å². The molecule has 1 aromatic carbocycles. The smallest absolute Gasteiger partial charge is 0.137 e. The van der Waals surface area contributed by atoms with Crippen molar-refractivity contribution in [3.8, 4) is 5.75 Å². The highest BCUT2D eigenvalue weighted by Gasteiger charge is 1.95. The Balaban J connectivity index is 1.95. The lowest BCUT2D eigenvalue weighted by molar-refractivity contribution is 0.475. The number of rotatable bonds is 3. The van der Waals surface area contributed by atoms with Gasteiger partial charge in [0.1, 0.15) is 18.4 Å². The topological polar surface area (TPSA) is 50.9 Å². The van der Waals surface area contributed by atoms with Crippen molar-refractivity contribution < 1.29 is 5.11 Å². The normalized spacial score (nSPS) is 10.3. The Morgan fingerprint density at radius 2 is 2.00 bits per heavy atom. The molecule has 1 heterocycles. The molecule has 72 valence electrons. The Morgan fingerprint density at radius 3 is 2.64 bits per heavy atom. The van der Waals surface area contributed by atoms with Gasteiger partial charge in [-0.2, -0.15) is 5.10 Å². The van der Waals surface area contributed by atoms with Crippen LogP contribution >= 0.6 is 0 Å². The summed E-state index contributed by atoms with van der Waals surface area (Å²) in [5.74, 6) is 0.300. The van der Waals surface area contributed by atoms with E-state index >= 15 is 0 Å². The average molecular weight is 189 g/mol. The van der Waals surface area contributed by atoms with Crippen molar-refractivity contribution >= 4 is 0 Å². The molecule has 1 aromatic heterocycles. The van der Waals surface area contributed by atoms with Crippen molar-refractivity contribution in [3.63, 3.8) is 0 Å². The van der Waals surface area contributed by atoms with E-state index in [9.17, 15) is 0 Å². The van der Waals surface area contributed by atoms with Gasteiger partial charge in [-0.05, 0) is 24.1 Å². The first-order chi connectivity index (χ1) is 6.84. The molecule has 0 radical (unpaired) electrons. The van der Waals surface area contributed by atoms with Gasteiger partial charge in [0.2, 0.25) is 0 Å². The molecule has 0 aliphatic carbocycles. The summed E-state index contributed by atoms with van der Waals surface area (Å²) in [5, 5.41) is 13.1. The number of aryl methyl sites for hydroxylation is 2. The third kappa shape index (κ3) is 2.10. The van der Waals surface area contributed by atoms with Crippen molar-refractivity contribution in [2.45, 2.75) is 13.0 Å². The first-order valence-corrected chi connectivity index (χ1v) is 4.45. The highest BCUT2D eigenvalue weighted by molar-refractivity contribution is 5.25. The van der Waals surface area contributed by atoms with E-state index in [0.717, 1.165) is 13.0 Å². The molecular weight excluding hydrogens is 178 g/mol. The number of hydrogen-bond donors (Lipinski definition) is 1. The molecule has 0 aliphatic rings. The fourth-order valence-corrected chi connectivity index (χ4v) is 1.25. The van der Waals surface area contributed by atoms with Crippen LogP contribution < -0.4 is 0 Å². The lowest BCUT2D eigenvalue weighted by Gasteiger charge is -2.01. The van der Waals surface area contributed by atoms with Crippen LogP contribution in [-0.4, -0.2) is 19.9 Å². The molecule has 0 atom stereocenters. The summed E-state index contributed by atoms with van der Waals surface area (Å²) < 4.78 is 1.78. The van der Waals surface area contributed by atoms with E-state index < -0.39 is 0 Å². The molecule has 14 heavy (non-hydrogen) atoms. The van der Waals surface area contributed by atoms with Gasteiger partial charge in [0.25, 0.3) is 0 Å². The standard InChI is InChI=1S/C10H11N3O/c14-10-3-1-9(2-4-10)5-6-13-8-11-7-12-13/h1-4,7-8,14H,5-6H2. The predicted molar refractivity (Wildman–Crippen MR) is 51.8 cm³/mol. The van der Waals surface area contributed by atoms with Gasteiger partial charge in [0.05, 0.1) is 0 Å². The maximum atomic E-state index is 9.08. The van der Waals surface area contributed by atoms with Crippen LogP contribution in [0.25, 0.3) is 0 Å². The summed E-state index contributed by atoms with van der Waals surface area (Å²) in [6, 6.07) is 7.20. The Kier molecular flexibility index (Phi) is 2.44. The number of phenols is 1. The second kappa shape index (κ2) is 3.91. The zero-order chi connectivity index (χ0) is 9.80. The Bertz CT molecular complexity index is 380. The van der Waals surface area contributed by atoms with Crippen molar-refractivity contribution in [1.82, 2.24) is 14.8 Å². The van der Waals surface area contributed by atoms with E-state index in [1.165, 1.54) is 11.9 Å². The molecular formula is C10H11N3O. The van der Waals surface area contributed by atoms with E-state index in [1.54, 1.807) is 23.1 Å². The Labute approximate surface area is 81.8 Å². The van der Waals surface area contributed by atoms with Crippen LogP contribution in [0, 0.1) is 0 Å². The highest BCUT2D eigenvalue weighted by atomic mass is 16.3. The van der Waals surface area contributed by atoms with Crippen molar-refractivity contribution in [2.24, 2.45) is 0 Å². The molecule has 4 nitrogen and oxygen atoms in total. The largest absolute Gasteiger partial charge is 0.508 e. The maximum Gasteiger partial charge on any atom is 0.137 e. The van der Waals surface area contributed by atoms with Gasteiger partial charge < -0.3 is 5.11 Å². The summed E-state index contributed by atoms with van der Waals surface area (Å²) in [7, 11) is 0. The zero-order valence-electron chi connectivity index (χ0n) is 7.67. The predicted octanol–water partition coefficient (Wildman–Crippen LogP) is 1.23. The van der Waals surface area contributed by atoms with E-state index in [-0.39, 0.29) is 0 Å². The Morgan fingerprint density at radius 1 is 1.21 bits per heavy atom. The minimum Gasteiger partial charge on any atom is -0.508 e. The molecule has 2 rings (SSSR count). The Hall–Kier alpha value is -1.84. The van der Waals surface area contributed by atoms with Crippen molar-refractivity contribution in [2.75, 3.05) is 0 Å². The number of phenolic OH excluding ortho intramolecular Hbond substituents is 1. The van der Waals surface area contributed by atoms with Crippen molar-refractivity contribution in [3.05, 3.63) is 42.5 Å². The SMILES string of the molecule is Oc1ccc(CCn2cncn2)cc1. The fraction of sp³-hybridized carbons (Fsp3) is 0.200. The summed E-state index contributed by atoms with van der Waals surface area (Å²) in [4.78, 5) is 3.86. The van der Waals surface area contributed by atoms with Crippen LogP contribution in [-0.2, 0) is 13.0 Å². The average Bonchev–Trinajstić information content (AvgIpc) is 2.70. The summed E-state index contributed by atoms with van der Waals surface area (Å²) in [6.07, 6.45) is 4.11.